The van der Waals surface area contributed by atoms with Crippen molar-refractivity contribution in [2.24, 2.45) is 0 Å². The lowest BCUT2D eigenvalue weighted by molar-refractivity contribution is -0.133. The molecule has 1 fully saturated rings. The highest BCUT2D eigenvalue weighted by Crippen LogP contribution is 2.15. The fourth-order valence-electron chi connectivity index (χ4n) is 2.85. The van der Waals surface area contributed by atoms with Crippen LogP contribution >= 0.6 is 11.6 Å². The smallest absolute Gasteiger partial charge is 0.240 e. The summed E-state index contributed by atoms with van der Waals surface area (Å²) in [6.07, 6.45) is 0.978. The molecule has 1 saturated heterocycles. The Kier molecular flexibility index (Phi) is 8.68. The molecule has 10 heteroatoms. The first-order valence-electron chi connectivity index (χ1n) is 9.34. The summed E-state index contributed by atoms with van der Waals surface area (Å²) in [5, 5.41) is 3.17. The summed E-state index contributed by atoms with van der Waals surface area (Å²) < 4.78 is 26.9. The highest BCUT2D eigenvalue weighted by molar-refractivity contribution is 7.89. The maximum Gasteiger partial charge on any atom is 0.240 e. The van der Waals surface area contributed by atoms with Crippen LogP contribution in [0.2, 0.25) is 5.02 Å². The minimum atomic E-state index is -3.70. The minimum absolute atomic E-state index is 0.00273. The average molecular weight is 431 g/mol. The van der Waals surface area contributed by atoms with Crippen LogP contribution in [0, 0.1) is 0 Å². The third-order valence-electron chi connectivity index (χ3n) is 4.40. The number of rotatable bonds is 9. The molecule has 8 nitrogen and oxygen atoms in total. The van der Waals surface area contributed by atoms with E-state index in [2.05, 4.69) is 10.0 Å². The number of sulfonamides is 1. The lowest BCUT2D eigenvalue weighted by Crippen LogP contribution is -2.51. The summed E-state index contributed by atoms with van der Waals surface area (Å²) >= 11 is 5.82. The number of nitrogens with zero attached hydrogens (tertiary/aromatic N) is 2. The number of amides is 2. The van der Waals surface area contributed by atoms with E-state index in [1.54, 1.807) is 17.0 Å². The molecule has 1 aliphatic rings. The first-order valence-corrected chi connectivity index (χ1v) is 11.2. The first-order chi connectivity index (χ1) is 13.3. The van der Waals surface area contributed by atoms with Crippen molar-refractivity contribution >= 4 is 33.4 Å². The summed E-state index contributed by atoms with van der Waals surface area (Å²) in [5.41, 5.74) is 0. The van der Waals surface area contributed by atoms with Crippen LogP contribution in [0.25, 0.3) is 0 Å². The van der Waals surface area contributed by atoms with E-state index in [0.717, 1.165) is 6.42 Å². The van der Waals surface area contributed by atoms with E-state index in [1.807, 2.05) is 11.8 Å². The SMILES string of the molecule is CCCNC(=O)CN1CCN(C(=O)CCNS(=O)(=O)c2cccc(Cl)c2)CC1. The molecule has 0 spiro atoms. The molecule has 1 aromatic carbocycles. The molecule has 2 rings (SSSR count). The molecule has 1 aromatic rings. The highest BCUT2D eigenvalue weighted by atomic mass is 35.5. The Morgan fingerprint density at radius 2 is 1.86 bits per heavy atom. The van der Waals surface area contributed by atoms with Gasteiger partial charge in [-0.3, -0.25) is 14.5 Å². The average Bonchev–Trinajstić information content (AvgIpc) is 2.66. The van der Waals surface area contributed by atoms with Crippen LogP contribution in [-0.4, -0.2) is 75.8 Å². The van der Waals surface area contributed by atoms with E-state index in [1.165, 1.54) is 12.1 Å². The monoisotopic (exact) mass is 430 g/mol. The molecule has 2 N–H and O–H groups in total. The standard InChI is InChI=1S/C18H27ClN4O4S/c1-2-7-20-17(24)14-22-9-11-23(12-10-22)18(25)6-8-21-28(26,27)16-5-3-4-15(19)13-16/h3-5,13,21H,2,6-12,14H2,1H3,(H,20,24). The largest absolute Gasteiger partial charge is 0.355 e. The number of halogens is 1. The van der Waals surface area contributed by atoms with Crippen molar-refractivity contribution in [1.29, 1.82) is 0 Å². The predicted molar refractivity (Wildman–Crippen MR) is 108 cm³/mol. The van der Waals surface area contributed by atoms with E-state index in [-0.39, 0.29) is 29.7 Å². The van der Waals surface area contributed by atoms with Gasteiger partial charge in [-0.25, -0.2) is 13.1 Å². The number of hydrogen-bond acceptors (Lipinski definition) is 5. The van der Waals surface area contributed by atoms with Crippen molar-refractivity contribution in [3.05, 3.63) is 29.3 Å². The summed E-state index contributed by atoms with van der Waals surface area (Å²) in [7, 11) is -3.70. The van der Waals surface area contributed by atoms with Crippen molar-refractivity contribution in [2.75, 3.05) is 45.8 Å². The maximum atomic E-state index is 12.3. The lowest BCUT2D eigenvalue weighted by Gasteiger charge is -2.34. The quantitative estimate of drug-likeness (QED) is 0.600. The van der Waals surface area contributed by atoms with E-state index in [4.69, 9.17) is 11.6 Å². The van der Waals surface area contributed by atoms with Gasteiger partial charge in [-0.05, 0) is 24.6 Å². The van der Waals surface area contributed by atoms with Gasteiger partial charge in [0.05, 0.1) is 11.4 Å². The van der Waals surface area contributed by atoms with Gasteiger partial charge in [-0.1, -0.05) is 24.6 Å². The van der Waals surface area contributed by atoms with Crippen molar-refractivity contribution < 1.29 is 18.0 Å². The van der Waals surface area contributed by atoms with Gasteiger partial charge in [0.1, 0.15) is 0 Å². The molecule has 28 heavy (non-hydrogen) atoms. The van der Waals surface area contributed by atoms with Crippen molar-refractivity contribution in [3.63, 3.8) is 0 Å². The van der Waals surface area contributed by atoms with Gasteiger partial charge in [0, 0.05) is 50.7 Å². The normalized spacial score (nSPS) is 15.4. The Morgan fingerprint density at radius 3 is 2.50 bits per heavy atom. The number of piperazine rings is 1. The molecule has 0 unspecified atom stereocenters. The summed E-state index contributed by atoms with van der Waals surface area (Å²) in [4.78, 5) is 27.9. The zero-order valence-electron chi connectivity index (χ0n) is 16.0. The minimum Gasteiger partial charge on any atom is -0.355 e. The molecule has 0 saturated carbocycles. The molecule has 0 aliphatic carbocycles. The van der Waals surface area contributed by atoms with Crippen LogP contribution in [0.5, 0.6) is 0 Å². The molecular formula is C18H27ClN4O4S. The van der Waals surface area contributed by atoms with Crippen LogP contribution < -0.4 is 10.0 Å². The van der Waals surface area contributed by atoms with Crippen LogP contribution in [-0.2, 0) is 19.6 Å². The van der Waals surface area contributed by atoms with Gasteiger partial charge < -0.3 is 10.2 Å². The first kappa shape index (κ1) is 22.6. The highest BCUT2D eigenvalue weighted by Gasteiger charge is 2.22. The molecule has 1 heterocycles. The summed E-state index contributed by atoms with van der Waals surface area (Å²) in [6.45, 7) is 5.33. The zero-order chi connectivity index (χ0) is 20.6. The second-order valence-electron chi connectivity index (χ2n) is 6.61. The van der Waals surface area contributed by atoms with Crippen molar-refractivity contribution in [1.82, 2.24) is 19.8 Å². The van der Waals surface area contributed by atoms with Gasteiger partial charge in [0.2, 0.25) is 21.8 Å². The van der Waals surface area contributed by atoms with Gasteiger partial charge >= 0.3 is 0 Å². The number of hydrogen-bond donors (Lipinski definition) is 2. The Bertz CT molecular complexity index is 780. The van der Waals surface area contributed by atoms with E-state index < -0.39 is 10.0 Å². The molecule has 2 amide bonds. The van der Waals surface area contributed by atoms with Gasteiger partial charge in [0.25, 0.3) is 0 Å². The molecule has 0 radical (unpaired) electrons. The Balaban J connectivity index is 1.72. The number of carbonyl (C=O) groups excluding carboxylic acids is 2. The van der Waals surface area contributed by atoms with Crippen molar-refractivity contribution in [3.8, 4) is 0 Å². The number of benzene rings is 1. The fourth-order valence-corrected chi connectivity index (χ4v) is 4.18. The third kappa shape index (κ3) is 7.05. The van der Waals surface area contributed by atoms with Crippen LogP contribution in [0.4, 0.5) is 0 Å². The van der Waals surface area contributed by atoms with E-state index in [9.17, 15) is 18.0 Å². The molecule has 0 atom stereocenters. The van der Waals surface area contributed by atoms with E-state index in [0.29, 0.717) is 44.3 Å². The van der Waals surface area contributed by atoms with Gasteiger partial charge in [-0.2, -0.15) is 0 Å². The van der Waals surface area contributed by atoms with Crippen LogP contribution in [0.15, 0.2) is 29.2 Å². The topological polar surface area (TPSA) is 98.8 Å². The van der Waals surface area contributed by atoms with E-state index >= 15 is 0 Å². The lowest BCUT2D eigenvalue weighted by atomic mass is 10.2. The Labute approximate surface area is 171 Å². The molecule has 0 bridgehead atoms. The molecular weight excluding hydrogens is 404 g/mol. The second kappa shape index (κ2) is 10.8. The van der Waals surface area contributed by atoms with Crippen LogP contribution in [0.1, 0.15) is 19.8 Å². The predicted octanol–water partition coefficient (Wildman–Crippen LogP) is 0.679. The third-order valence-corrected chi connectivity index (χ3v) is 6.10. The fraction of sp³-hybridized carbons (Fsp3) is 0.556. The van der Waals surface area contributed by atoms with Crippen LogP contribution in [0.3, 0.4) is 0 Å². The van der Waals surface area contributed by atoms with Crippen molar-refractivity contribution in [2.45, 2.75) is 24.7 Å². The summed E-state index contributed by atoms with van der Waals surface area (Å²) in [6, 6.07) is 5.97. The van der Waals surface area contributed by atoms with Gasteiger partial charge in [0.15, 0.2) is 0 Å². The molecule has 0 aromatic heterocycles. The number of nitrogens with one attached hydrogen (secondary N) is 2. The number of carbonyl (C=O) groups is 2. The van der Waals surface area contributed by atoms with Gasteiger partial charge in [-0.15, -0.1) is 0 Å². The maximum absolute atomic E-state index is 12.3. The summed E-state index contributed by atoms with van der Waals surface area (Å²) in [5.74, 6) is -0.110. The second-order valence-corrected chi connectivity index (χ2v) is 8.82. The Morgan fingerprint density at radius 1 is 1.14 bits per heavy atom. The molecule has 1 aliphatic heterocycles. The Hall–Kier alpha value is -1.68. The zero-order valence-corrected chi connectivity index (χ0v) is 17.6. The molecule has 156 valence electrons.